The van der Waals surface area contributed by atoms with Crippen LogP contribution in [0.25, 0.3) is 0 Å². The van der Waals surface area contributed by atoms with Crippen molar-refractivity contribution >= 4 is 95.6 Å². The molecule has 3 aromatic carbocycles. The molecule has 0 heterocycles. The van der Waals surface area contributed by atoms with Gasteiger partial charge in [-0.15, -0.1) is 0 Å². The Bertz CT molecular complexity index is 1360. The van der Waals surface area contributed by atoms with Crippen LogP contribution in [0.4, 0.5) is 65.9 Å². The lowest BCUT2D eigenvalue weighted by molar-refractivity contribution is -0.266. The van der Waals surface area contributed by atoms with Crippen LogP contribution in [0.15, 0.2) is 68.0 Å². The zero-order valence-corrected chi connectivity index (χ0v) is 31.5. The summed E-state index contributed by atoms with van der Waals surface area (Å²) in [6, 6.07) is 8.74. The van der Waals surface area contributed by atoms with Gasteiger partial charge < -0.3 is 14.6 Å². The van der Waals surface area contributed by atoms with Crippen LogP contribution in [0.1, 0.15) is 0 Å². The molecule has 48 heavy (non-hydrogen) atoms. The fraction of sp³-hybridized carbons (Fsp3) is 0.250. The first-order chi connectivity index (χ1) is 21.4. The number of alkyl halides is 15. The number of phenols is 1. The van der Waals surface area contributed by atoms with Crippen LogP contribution in [0.5, 0.6) is 17.2 Å². The van der Waals surface area contributed by atoms with Crippen LogP contribution in [0, 0.1) is 17.5 Å². The van der Waals surface area contributed by atoms with Crippen LogP contribution in [-0.2, 0) is 0 Å². The van der Waals surface area contributed by atoms with Crippen LogP contribution in [-0.4, -0.2) is 38.2 Å². The number of benzene rings is 3. The first-order valence-corrected chi connectivity index (χ1v) is 15.8. The summed E-state index contributed by atoms with van der Waals surface area (Å²) in [4.78, 5) is -12.9. The van der Waals surface area contributed by atoms with Gasteiger partial charge in [0.1, 0.15) is 34.7 Å². The molecule has 0 unspecified atom stereocenters. The number of hydrogen-bond acceptors (Lipinski definition) is 3. The van der Waals surface area contributed by atoms with Crippen molar-refractivity contribution in [2.24, 2.45) is 0 Å². The number of phenolic OH excluding ortho intramolecular Hbond substituents is 1. The van der Waals surface area contributed by atoms with E-state index in [1.807, 2.05) is 0 Å². The van der Waals surface area contributed by atoms with Gasteiger partial charge in [-0.3, -0.25) is 0 Å². The second-order valence-corrected chi connectivity index (χ2v) is 13.6. The van der Waals surface area contributed by atoms with Crippen molar-refractivity contribution in [3.63, 3.8) is 0 Å². The molecule has 0 spiro atoms. The van der Waals surface area contributed by atoms with Crippen LogP contribution in [0.2, 0.25) is 0 Å². The Hall–Kier alpha value is -1.11. The predicted octanol–water partition coefficient (Wildman–Crippen LogP) is 13.6. The largest absolute Gasteiger partial charge is 0.508 e. The average Bonchev–Trinajstić information content (AvgIpc) is 2.80. The van der Waals surface area contributed by atoms with Gasteiger partial charge in [0, 0.05) is 47.5 Å². The molecule has 0 atom stereocenters. The highest BCUT2D eigenvalue weighted by molar-refractivity contribution is 9.12. The first kappa shape index (κ1) is 46.9. The van der Waals surface area contributed by atoms with E-state index in [1.165, 1.54) is 59.9 Å². The Morgan fingerprint density at radius 1 is 0.500 bits per heavy atom. The van der Waals surface area contributed by atoms with Crippen molar-refractivity contribution in [2.45, 2.75) is 33.1 Å². The Balaban J connectivity index is 0.000000639. The molecule has 24 heteroatoms. The zero-order chi connectivity index (χ0) is 38.1. The maximum atomic E-state index is 12.7. The minimum Gasteiger partial charge on any atom is -0.508 e. The SMILES string of the molecule is FC(F)(Br)C(F)(F)Br.Fc1cc(Br)cc(OC(F)(F)C(F)(F)Br)c1.Fc1cc(Br)cc(OC(F)(F)C(F)F)c1.Oc1cc(F)cc(Br)c1. The van der Waals surface area contributed by atoms with Crippen molar-refractivity contribution in [1.82, 2.24) is 0 Å². The second kappa shape index (κ2) is 18.9. The minimum atomic E-state index is -4.78. The molecule has 272 valence electrons. The molecule has 0 aliphatic heterocycles. The molecular weight excluding hydrogens is 1100 g/mol. The lowest BCUT2D eigenvalue weighted by Crippen LogP contribution is -2.40. The van der Waals surface area contributed by atoms with Gasteiger partial charge in [-0.2, -0.15) is 52.7 Å². The summed E-state index contributed by atoms with van der Waals surface area (Å²) in [5.41, 5.74) is 0. The average molecular weight is 1110 g/mol. The van der Waals surface area contributed by atoms with E-state index in [0.717, 1.165) is 30.3 Å². The summed E-state index contributed by atoms with van der Waals surface area (Å²) in [7, 11) is 0. The van der Waals surface area contributed by atoms with Gasteiger partial charge >= 0.3 is 33.1 Å². The second-order valence-electron chi connectivity index (χ2n) is 7.91. The van der Waals surface area contributed by atoms with Gasteiger partial charge in [-0.05, 0) is 68.3 Å². The fourth-order valence-electron chi connectivity index (χ4n) is 2.12. The molecule has 3 nitrogen and oxygen atoms in total. The van der Waals surface area contributed by atoms with E-state index in [0.29, 0.717) is 16.6 Å². The van der Waals surface area contributed by atoms with Gasteiger partial charge in [0.15, 0.2) is 0 Å². The highest BCUT2D eigenvalue weighted by atomic mass is 79.9. The molecule has 3 rings (SSSR count). The summed E-state index contributed by atoms with van der Waals surface area (Å²) < 4.78 is 189. The smallest absolute Gasteiger partial charge is 0.475 e. The summed E-state index contributed by atoms with van der Waals surface area (Å²) in [5.74, 6) is -3.66. The normalized spacial score (nSPS) is 12.1. The molecule has 0 fully saturated rings. The molecule has 1 N–H and O–H groups in total. The monoisotopic (exact) mass is 1110 g/mol. The third kappa shape index (κ3) is 18.2. The fourth-order valence-corrected chi connectivity index (χ4v) is 3.54. The summed E-state index contributed by atoms with van der Waals surface area (Å²) >= 11 is 13.0. The summed E-state index contributed by atoms with van der Waals surface area (Å²) in [5, 5.41) is 8.72. The van der Waals surface area contributed by atoms with E-state index < -0.39 is 62.1 Å². The molecule has 0 saturated carbocycles. The zero-order valence-electron chi connectivity index (χ0n) is 22.0. The van der Waals surface area contributed by atoms with E-state index in [2.05, 4.69) is 57.3 Å². The standard InChI is InChI=1S/C8H3Br2F5O.C8H4BrF5O.C6H4BrFO.C2Br2F4/c9-4-1-5(11)3-6(2-4)16-8(14,15)7(10,12)13;9-4-1-5(10)3-6(2-4)15-8(13,14)7(11)12;7-4-1-5(8)3-6(9)2-4;3-1(5,6)2(4,7)8/h1-3H;1-3,7H;1-3,9H;. The molecule has 0 saturated heterocycles. The summed E-state index contributed by atoms with van der Waals surface area (Å²) in [6.07, 6.45) is -13.4. The van der Waals surface area contributed by atoms with Crippen molar-refractivity contribution < 1.29 is 80.4 Å². The lowest BCUT2D eigenvalue weighted by Gasteiger charge is -2.21. The number of halogens is 21. The first-order valence-electron chi connectivity index (χ1n) is 11.1. The van der Waals surface area contributed by atoms with Gasteiger partial charge in [-0.25, -0.2) is 13.2 Å². The van der Waals surface area contributed by atoms with E-state index in [1.54, 1.807) is 0 Å². The van der Waals surface area contributed by atoms with Crippen LogP contribution >= 0.6 is 95.6 Å². The number of aromatic hydroxyl groups is 1. The van der Waals surface area contributed by atoms with E-state index >= 15 is 0 Å². The maximum Gasteiger partial charge on any atom is 0.475 e. The molecule has 0 amide bonds. The number of hydrogen-bond donors (Lipinski definition) is 1. The highest BCUT2D eigenvalue weighted by Gasteiger charge is 2.58. The summed E-state index contributed by atoms with van der Waals surface area (Å²) in [6.45, 7) is 0. The van der Waals surface area contributed by atoms with Gasteiger partial charge in [0.2, 0.25) is 0 Å². The third-order valence-corrected chi connectivity index (χ3v) is 7.29. The Labute approximate surface area is 309 Å². The molecular formula is C24H11Br6F15O3. The molecule has 0 aliphatic carbocycles. The number of ether oxygens (including phenoxy) is 2. The molecule has 0 bridgehead atoms. The molecule has 0 aliphatic rings. The third-order valence-electron chi connectivity index (χ3n) is 3.92. The quantitative estimate of drug-likeness (QED) is 0.189. The van der Waals surface area contributed by atoms with Crippen molar-refractivity contribution in [3.05, 3.63) is 85.5 Å². The molecule has 0 aromatic heterocycles. The van der Waals surface area contributed by atoms with Crippen LogP contribution in [0.3, 0.4) is 0 Å². The minimum absolute atomic E-state index is 0.0677. The Morgan fingerprint density at radius 3 is 1.10 bits per heavy atom. The topological polar surface area (TPSA) is 38.7 Å². The Morgan fingerprint density at radius 2 is 0.833 bits per heavy atom. The van der Waals surface area contributed by atoms with Crippen molar-refractivity contribution in [1.29, 1.82) is 0 Å². The van der Waals surface area contributed by atoms with E-state index in [4.69, 9.17) is 5.11 Å². The van der Waals surface area contributed by atoms with Crippen molar-refractivity contribution in [2.75, 3.05) is 0 Å². The van der Waals surface area contributed by atoms with E-state index in [-0.39, 0.29) is 14.7 Å². The highest BCUT2D eigenvalue weighted by Crippen LogP contribution is 2.43. The van der Waals surface area contributed by atoms with Gasteiger partial charge in [0.25, 0.3) is 0 Å². The Kier molecular flexibility index (Phi) is 18.5. The van der Waals surface area contributed by atoms with Crippen LogP contribution < -0.4 is 9.47 Å². The predicted molar refractivity (Wildman–Crippen MR) is 163 cm³/mol. The maximum absolute atomic E-state index is 12.7. The number of rotatable bonds is 7. The van der Waals surface area contributed by atoms with Crippen molar-refractivity contribution in [3.8, 4) is 17.2 Å². The molecule has 3 aromatic rings. The lowest BCUT2D eigenvalue weighted by atomic mass is 10.3. The molecule has 0 radical (unpaired) electrons. The van der Waals surface area contributed by atoms with Gasteiger partial charge in [-0.1, -0.05) is 47.8 Å². The van der Waals surface area contributed by atoms with Gasteiger partial charge in [0.05, 0.1) is 0 Å². The van der Waals surface area contributed by atoms with E-state index in [9.17, 15) is 65.9 Å².